The molecule has 0 radical (unpaired) electrons. The minimum absolute atomic E-state index is 0.397. The molecule has 0 atom stereocenters. The molecule has 0 fully saturated rings. The van der Waals surface area contributed by atoms with Crippen molar-refractivity contribution in [2.75, 3.05) is 0 Å². The second-order valence-electron chi connectivity index (χ2n) is 2.53. The summed E-state index contributed by atoms with van der Waals surface area (Å²) in [6.07, 6.45) is 0.742. The normalized spacial score (nSPS) is 10.6. The summed E-state index contributed by atoms with van der Waals surface area (Å²) in [5.74, 6) is -3.55. The number of nitrogens with zero attached hydrogens (tertiary/aromatic N) is 1. The lowest BCUT2D eigenvalue weighted by molar-refractivity contribution is 0.249. The van der Waals surface area contributed by atoms with Gasteiger partial charge in [-0.1, -0.05) is 0 Å². The third-order valence-electron chi connectivity index (χ3n) is 1.40. The molecule has 2 amide bonds. The van der Waals surface area contributed by atoms with Crippen LogP contribution in [-0.2, 0) is 0 Å². The molecule has 15 heavy (non-hydrogen) atoms. The highest BCUT2D eigenvalue weighted by atomic mass is 19.2. The minimum atomic E-state index is -1.34. The first-order valence-corrected chi connectivity index (χ1v) is 3.73. The molecule has 0 aromatic heterocycles. The van der Waals surface area contributed by atoms with Gasteiger partial charge in [-0.3, -0.25) is 0 Å². The molecule has 1 aromatic rings. The summed E-state index contributed by atoms with van der Waals surface area (Å²) in [6.45, 7) is 0. The fourth-order valence-corrected chi connectivity index (χ4v) is 0.835. The summed E-state index contributed by atoms with van der Waals surface area (Å²) in [6, 6.07) is 0.155. The first-order valence-electron chi connectivity index (χ1n) is 3.73. The van der Waals surface area contributed by atoms with Gasteiger partial charge in [-0.2, -0.15) is 5.10 Å². The second kappa shape index (κ2) is 4.45. The number of nitrogens with one attached hydrogen (secondary N) is 1. The fourth-order valence-electron chi connectivity index (χ4n) is 0.835. The predicted molar refractivity (Wildman–Crippen MR) is 46.6 cm³/mol. The van der Waals surface area contributed by atoms with Crippen LogP contribution >= 0.6 is 0 Å². The third kappa shape index (κ3) is 2.97. The number of primary amides is 1. The van der Waals surface area contributed by atoms with Crippen LogP contribution < -0.4 is 11.2 Å². The van der Waals surface area contributed by atoms with Gasteiger partial charge < -0.3 is 5.73 Å². The third-order valence-corrected chi connectivity index (χ3v) is 1.40. The van der Waals surface area contributed by atoms with E-state index in [1.165, 1.54) is 0 Å². The van der Waals surface area contributed by atoms with Crippen LogP contribution in [0.25, 0.3) is 0 Å². The van der Waals surface area contributed by atoms with Crippen molar-refractivity contribution in [3.8, 4) is 0 Å². The van der Waals surface area contributed by atoms with Crippen molar-refractivity contribution in [1.82, 2.24) is 5.43 Å². The van der Waals surface area contributed by atoms with Gasteiger partial charge in [-0.05, 0) is 6.07 Å². The van der Waals surface area contributed by atoms with Gasteiger partial charge in [0.2, 0.25) is 0 Å². The van der Waals surface area contributed by atoms with E-state index in [0.29, 0.717) is 6.07 Å². The Balaban J connectivity index is 2.94. The van der Waals surface area contributed by atoms with Crippen molar-refractivity contribution in [1.29, 1.82) is 0 Å². The van der Waals surface area contributed by atoms with E-state index in [1.807, 2.05) is 0 Å². The molecule has 0 aliphatic heterocycles. The van der Waals surface area contributed by atoms with Crippen molar-refractivity contribution in [3.05, 3.63) is 35.1 Å². The largest absolute Gasteiger partial charge is 0.350 e. The number of nitrogens with two attached hydrogens (primary N) is 1. The van der Waals surface area contributed by atoms with Gasteiger partial charge in [-0.15, -0.1) is 0 Å². The maximum atomic E-state index is 12.9. The number of hydrogen-bond donors (Lipinski definition) is 2. The molecule has 1 aromatic carbocycles. The molecule has 0 saturated heterocycles. The van der Waals surface area contributed by atoms with Crippen LogP contribution in [0.5, 0.6) is 0 Å². The summed E-state index contributed by atoms with van der Waals surface area (Å²) < 4.78 is 38.2. The van der Waals surface area contributed by atoms with Crippen molar-refractivity contribution < 1.29 is 18.0 Å². The lowest BCUT2D eigenvalue weighted by atomic mass is 10.2. The van der Waals surface area contributed by atoms with Crippen LogP contribution in [0.15, 0.2) is 17.2 Å². The van der Waals surface area contributed by atoms with Crippen LogP contribution in [0, 0.1) is 17.5 Å². The monoisotopic (exact) mass is 217 g/mol. The van der Waals surface area contributed by atoms with E-state index in [0.717, 1.165) is 12.3 Å². The van der Waals surface area contributed by atoms with Crippen molar-refractivity contribution >= 4 is 12.2 Å². The summed E-state index contributed by atoms with van der Waals surface area (Å²) in [7, 11) is 0. The van der Waals surface area contributed by atoms with E-state index < -0.39 is 29.0 Å². The van der Waals surface area contributed by atoms with Crippen molar-refractivity contribution in [3.63, 3.8) is 0 Å². The van der Waals surface area contributed by atoms with Gasteiger partial charge in [0.15, 0.2) is 11.6 Å². The maximum Gasteiger partial charge on any atom is 0.332 e. The average molecular weight is 217 g/mol. The van der Waals surface area contributed by atoms with Crippen LogP contribution in [0.3, 0.4) is 0 Å². The number of carbonyl (C=O) groups excluding carboxylic acids is 1. The standard InChI is InChI=1S/C8H6F3N3O/c9-5-1-4(3-13-14-8(12)15)7(11)6(10)2-5/h1-3H,(H3,12,14,15). The molecular weight excluding hydrogens is 211 g/mol. The zero-order chi connectivity index (χ0) is 11.4. The summed E-state index contributed by atoms with van der Waals surface area (Å²) in [5, 5.41) is 3.16. The Labute approximate surface area is 82.6 Å². The number of halogens is 3. The average Bonchev–Trinajstić information content (AvgIpc) is 2.12. The zero-order valence-corrected chi connectivity index (χ0v) is 7.30. The Morgan fingerprint density at radius 3 is 2.67 bits per heavy atom. The van der Waals surface area contributed by atoms with Crippen molar-refractivity contribution in [2.24, 2.45) is 10.8 Å². The molecule has 0 saturated carbocycles. The number of urea groups is 1. The highest BCUT2D eigenvalue weighted by Gasteiger charge is 2.08. The Kier molecular flexibility index (Phi) is 3.27. The SMILES string of the molecule is NC(=O)NN=Cc1cc(F)cc(F)c1F. The first kappa shape index (κ1) is 11.0. The van der Waals surface area contributed by atoms with Crippen molar-refractivity contribution in [2.45, 2.75) is 0 Å². The predicted octanol–water partition coefficient (Wildman–Crippen LogP) is 1.11. The second-order valence-corrected chi connectivity index (χ2v) is 2.53. The van der Waals surface area contributed by atoms with E-state index in [-0.39, 0.29) is 0 Å². The molecule has 0 spiro atoms. The summed E-state index contributed by atoms with van der Waals surface area (Å²) in [4.78, 5) is 10.2. The van der Waals surface area contributed by atoms with E-state index in [9.17, 15) is 18.0 Å². The molecule has 1 rings (SSSR count). The minimum Gasteiger partial charge on any atom is -0.350 e. The Bertz CT molecular complexity index is 420. The fraction of sp³-hybridized carbons (Fsp3) is 0. The smallest absolute Gasteiger partial charge is 0.332 e. The van der Waals surface area contributed by atoms with Crippen LogP contribution in [-0.4, -0.2) is 12.2 Å². The molecule has 0 unspecified atom stereocenters. The number of benzene rings is 1. The molecule has 3 N–H and O–H groups in total. The Morgan fingerprint density at radius 2 is 2.07 bits per heavy atom. The molecule has 4 nitrogen and oxygen atoms in total. The van der Waals surface area contributed by atoms with Gasteiger partial charge in [0.1, 0.15) is 5.82 Å². The van der Waals surface area contributed by atoms with Gasteiger partial charge in [-0.25, -0.2) is 23.4 Å². The van der Waals surface area contributed by atoms with Crippen LogP contribution in [0.2, 0.25) is 0 Å². The molecule has 0 heterocycles. The van der Waals surface area contributed by atoms with Gasteiger partial charge in [0, 0.05) is 11.6 Å². The highest BCUT2D eigenvalue weighted by molar-refractivity contribution is 5.81. The Morgan fingerprint density at radius 1 is 1.40 bits per heavy atom. The zero-order valence-electron chi connectivity index (χ0n) is 7.30. The number of amides is 2. The highest BCUT2D eigenvalue weighted by Crippen LogP contribution is 2.12. The lowest BCUT2D eigenvalue weighted by Crippen LogP contribution is -2.24. The summed E-state index contributed by atoms with van der Waals surface area (Å²) in [5.41, 5.74) is 5.98. The number of hydrogen-bond acceptors (Lipinski definition) is 2. The van der Waals surface area contributed by atoms with Gasteiger partial charge in [0.25, 0.3) is 0 Å². The quantitative estimate of drug-likeness (QED) is 0.435. The first-order chi connectivity index (χ1) is 7.00. The molecule has 0 aliphatic carbocycles. The molecule has 0 aliphatic rings. The number of hydrazone groups is 1. The number of rotatable bonds is 2. The van der Waals surface area contributed by atoms with E-state index in [2.05, 4.69) is 10.8 Å². The topological polar surface area (TPSA) is 67.5 Å². The van der Waals surface area contributed by atoms with E-state index in [1.54, 1.807) is 5.43 Å². The molecular formula is C8H6F3N3O. The van der Waals surface area contributed by atoms with Gasteiger partial charge >= 0.3 is 6.03 Å². The Hall–Kier alpha value is -2.05. The van der Waals surface area contributed by atoms with E-state index >= 15 is 0 Å². The summed E-state index contributed by atoms with van der Waals surface area (Å²) >= 11 is 0. The van der Waals surface area contributed by atoms with Gasteiger partial charge in [0.05, 0.1) is 6.21 Å². The van der Waals surface area contributed by atoms with E-state index in [4.69, 9.17) is 0 Å². The van der Waals surface area contributed by atoms with Crippen LogP contribution in [0.1, 0.15) is 5.56 Å². The molecule has 80 valence electrons. The van der Waals surface area contributed by atoms with Crippen LogP contribution in [0.4, 0.5) is 18.0 Å². The lowest BCUT2D eigenvalue weighted by Gasteiger charge is -1.98. The molecule has 0 bridgehead atoms. The molecule has 7 heteroatoms. The maximum absolute atomic E-state index is 12.9. The number of carbonyl (C=O) groups is 1.